The molecule has 0 unspecified atom stereocenters. The van der Waals surface area contributed by atoms with Gasteiger partial charge in [-0.3, -0.25) is 9.69 Å². The number of carbonyl (C=O) groups excluding carboxylic acids is 1. The second-order valence-electron chi connectivity index (χ2n) is 4.80. The predicted molar refractivity (Wildman–Crippen MR) is 83.5 cm³/mol. The van der Waals surface area contributed by atoms with E-state index in [4.69, 9.17) is 0 Å². The van der Waals surface area contributed by atoms with Gasteiger partial charge in [0.15, 0.2) is 0 Å². The maximum absolute atomic E-state index is 12.3. The van der Waals surface area contributed by atoms with Gasteiger partial charge in [-0.05, 0) is 53.8 Å². The molecule has 0 radical (unpaired) electrons. The first-order chi connectivity index (χ1) is 9.11. The highest BCUT2D eigenvalue weighted by Crippen LogP contribution is 2.21. The summed E-state index contributed by atoms with van der Waals surface area (Å²) in [6, 6.07) is 5.11. The van der Waals surface area contributed by atoms with Gasteiger partial charge in [0, 0.05) is 31.7 Å². The monoisotopic (exact) mass is 374 g/mol. The highest BCUT2D eigenvalue weighted by atomic mass is 127. The second-order valence-corrected chi connectivity index (χ2v) is 5.96. The third-order valence-electron chi connectivity index (χ3n) is 3.39. The quantitative estimate of drug-likeness (QED) is 0.825. The van der Waals surface area contributed by atoms with E-state index in [0.717, 1.165) is 42.7 Å². The third-order valence-corrected chi connectivity index (χ3v) is 4.30. The molecule has 4 nitrogen and oxygen atoms in total. The zero-order chi connectivity index (χ0) is 13.8. The minimum absolute atomic E-state index is 0.0165. The van der Waals surface area contributed by atoms with Crippen LogP contribution in [0.25, 0.3) is 0 Å². The molecule has 1 amide bonds. The van der Waals surface area contributed by atoms with E-state index in [1.165, 1.54) is 0 Å². The summed E-state index contributed by atoms with van der Waals surface area (Å²) in [4.78, 5) is 16.6. The number of phenolic OH excluding ortho intramolecular Hbond substituents is 1. The molecule has 0 spiro atoms. The first-order valence-corrected chi connectivity index (χ1v) is 7.70. The first kappa shape index (κ1) is 14.6. The molecule has 1 heterocycles. The van der Waals surface area contributed by atoms with Crippen molar-refractivity contribution in [3.05, 3.63) is 27.3 Å². The van der Waals surface area contributed by atoms with E-state index in [9.17, 15) is 9.90 Å². The number of piperazine rings is 1. The standard InChI is InChI=1S/C14H19IN2O2/c1-2-5-16-6-8-17(9-7-16)14(19)11-3-4-12(15)13(18)10-11/h3-4,10,18H,2,5-9H2,1H3. The summed E-state index contributed by atoms with van der Waals surface area (Å²) in [5.41, 5.74) is 0.571. The van der Waals surface area contributed by atoms with Gasteiger partial charge in [0.25, 0.3) is 5.91 Å². The molecule has 1 aromatic rings. The molecule has 5 heteroatoms. The van der Waals surface area contributed by atoms with E-state index >= 15 is 0 Å². The van der Waals surface area contributed by atoms with Crippen molar-refractivity contribution in [2.24, 2.45) is 0 Å². The lowest BCUT2D eigenvalue weighted by atomic mass is 10.1. The van der Waals surface area contributed by atoms with Crippen molar-refractivity contribution in [2.45, 2.75) is 13.3 Å². The van der Waals surface area contributed by atoms with Crippen molar-refractivity contribution >= 4 is 28.5 Å². The van der Waals surface area contributed by atoms with Crippen molar-refractivity contribution in [1.29, 1.82) is 0 Å². The molecule has 0 saturated carbocycles. The lowest BCUT2D eigenvalue weighted by molar-refractivity contribution is 0.0637. The number of benzene rings is 1. The molecule has 104 valence electrons. The van der Waals surface area contributed by atoms with Crippen LogP contribution in [-0.4, -0.2) is 53.5 Å². The Morgan fingerprint density at radius 1 is 1.32 bits per heavy atom. The van der Waals surface area contributed by atoms with Gasteiger partial charge in [-0.1, -0.05) is 6.92 Å². The van der Waals surface area contributed by atoms with Crippen LogP contribution >= 0.6 is 22.6 Å². The molecule has 1 aliphatic heterocycles. The van der Waals surface area contributed by atoms with Crippen LogP contribution in [0.2, 0.25) is 0 Å². The van der Waals surface area contributed by atoms with E-state index < -0.39 is 0 Å². The lowest BCUT2D eigenvalue weighted by Gasteiger charge is -2.34. The zero-order valence-electron chi connectivity index (χ0n) is 11.1. The number of carbonyl (C=O) groups is 1. The van der Waals surface area contributed by atoms with E-state index in [-0.39, 0.29) is 11.7 Å². The summed E-state index contributed by atoms with van der Waals surface area (Å²) in [6.45, 7) is 6.70. The Morgan fingerprint density at radius 2 is 2.00 bits per heavy atom. The molecule has 1 N–H and O–H groups in total. The van der Waals surface area contributed by atoms with Gasteiger partial charge in [0.1, 0.15) is 5.75 Å². The van der Waals surface area contributed by atoms with Gasteiger partial charge in [-0.15, -0.1) is 0 Å². The van der Waals surface area contributed by atoms with Crippen molar-refractivity contribution in [3.8, 4) is 5.75 Å². The van der Waals surface area contributed by atoms with Crippen molar-refractivity contribution in [1.82, 2.24) is 9.80 Å². The topological polar surface area (TPSA) is 43.8 Å². The van der Waals surface area contributed by atoms with Crippen LogP contribution in [0.5, 0.6) is 5.75 Å². The highest BCUT2D eigenvalue weighted by Gasteiger charge is 2.22. The Kier molecular flexibility index (Phi) is 5.04. The van der Waals surface area contributed by atoms with Crippen LogP contribution in [-0.2, 0) is 0 Å². The van der Waals surface area contributed by atoms with Gasteiger partial charge in [-0.25, -0.2) is 0 Å². The molecule has 1 aliphatic rings. The van der Waals surface area contributed by atoms with E-state index in [1.807, 2.05) is 27.5 Å². The molecule has 1 fully saturated rings. The molecule has 0 aliphatic carbocycles. The van der Waals surface area contributed by atoms with Crippen molar-refractivity contribution in [3.63, 3.8) is 0 Å². The Morgan fingerprint density at radius 3 is 2.58 bits per heavy atom. The normalized spacial score (nSPS) is 16.6. The molecule has 1 aromatic carbocycles. The number of rotatable bonds is 3. The maximum atomic E-state index is 12.3. The average molecular weight is 374 g/mol. The summed E-state index contributed by atoms with van der Waals surface area (Å²) >= 11 is 2.05. The first-order valence-electron chi connectivity index (χ1n) is 6.62. The molecule has 2 rings (SSSR count). The minimum atomic E-state index is 0.0165. The molecule has 0 aromatic heterocycles. The van der Waals surface area contributed by atoms with Gasteiger partial charge >= 0.3 is 0 Å². The Bertz CT molecular complexity index is 457. The van der Waals surface area contributed by atoms with Crippen LogP contribution in [0.1, 0.15) is 23.7 Å². The number of hydrogen-bond acceptors (Lipinski definition) is 3. The summed E-state index contributed by atoms with van der Waals surface area (Å²) < 4.78 is 0.766. The summed E-state index contributed by atoms with van der Waals surface area (Å²) in [5, 5.41) is 9.67. The largest absolute Gasteiger partial charge is 0.507 e. The Labute approximate surface area is 127 Å². The number of hydrogen-bond donors (Lipinski definition) is 1. The Balaban J connectivity index is 1.99. The van der Waals surface area contributed by atoms with Crippen LogP contribution in [0.4, 0.5) is 0 Å². The summed E-state index contributed by atoms with van der Waals surface area (Å²) in [5.74, 6) is 0.193. The summed E-state index contributed by atoms with van der Waals surface area (Å²) in [7, 11) is 0. The molecule has 0 atom stereocenters. The molecule has 19 heavy (non-hydrogen) atoms. The fraction of sp³-hybridized carbons (Fsp3) is 0.500. The SMILES string of the molecule is CCCN1CCN(C(=O)c2ccc(I)c(O)c2)CC1. The maximum Gasteiger partial charge on any atom is 0.254 e. The molecule has 1 saturated heterocycles. The highest BCUT2D eigenvalue weighted by molar-refractivity contribution is 14.1. The molecular formula is C14H19IN2O2. The van der Waals surface area contributed by atoms with Crippen molar-refractivity contribution < 1.29 is 9.90 Å². The minimum Gasteiger partial charge on any atom is -0.507 e. The number of phenols is 1. The van der Waals surface area contributed by atoms with Crippen LogP contribution in [0.3, 0.4) is 0 Å². The third kappa shape index (κ3) is 3.60. The number of nitrogens with zero attached hydrogens (tertiary/aromatic N) is 2. The lowest BCUT2D eigenvalue weighted by Crippen LogP contribution is -2.48. The molecular weight excluding hydrogens is 355 g/mol. The number of halogens is 1. The summed E-state index contributed by atoms with van der Waals surface area (Å²) in [6.07, 6.45) is 1.15. The van der Waals surface area contributed by atoms with Gasteiger partial charge in [-0.2, -0.15) is 0 Å². The number of amides is 1. The fourth-order valence-electron chi connectivity index (χ4n) is 2.32. The van der Waals surface area contributed by atoms with E-state index in [1.54, 1.807) is 18.2 Å². The van der Waals surface area contributed by atoms with Gasteiger partial charge in [0.2, 0.25) is 0 Å². The Hall–Kier alpha value is -0.820. The second kappa shape index (κ2) is 6.56. The fourth-order valence-corrected chi connectivity index (χ4v) is 2.65. The van der Waals surface area contributed by atoms with Crippen LogP contribution < -0.4 is 0 Å². The van der Waals surface area contributed by atoms with Crippen LogP contribution in [0.15, 0.2) is 18.2 Å². The predicted octanol–water partition coefficient (Wildman–Crippen LogP) is 2.16. The smallest absolute Gasteiger partial charge is 0.254 e. The zero-order valence-corrected chi connectivity index (χ0v) is 13.3. The van der Waals surface area contributed by atoms with Gasteiger partial charge < -0.3 is 10.0 Å². The van der Waals surface area contributed by atoms with Crippen LogP contribution in [0, 0.1) is 3.57 Å². The van der Waals surface area contributed by atoms with Gasteiger partial charge in [0.05, 0.1) is 3.57 Å². The van der Waals surface area contributed by atoms with Crippen molar-refractivity contribution in [2.75, 3.05) is 32.7 Å². The number of aromatic hydroxyl groups is 1. The van der Waals surface area contributed by atoms with E-state index in [0.29, 0.717) is 5.56 Å². The van der Waals surface area contributed by atoms with E-state index in [2.05, 4.69) is 11.8 Å². The average Bonchev–Trinajstić information content (AvgIpc) is 2.42. The molecule has 0 bridgehead atoms.